The molecule has 0 aromatic carbocycles. The fraction of sp³-hybridized carbons (Fsp3) is 0.455. The third-order valence-electron chi connectivity index (χ3n) is 2.20. The lowest BCUT2D eigenvalue weighted by Crippen LogP contribution is -2.42. The van der Waals surface area contributed by atoms with Crippen molar-refractivity contribution in [2.24, 2.45) is 0 Å². The van der Waals surface area contributed by atoms with E-state index in [0.717, 1.165) is 0 Å². The van der Waals surface area contributed by atoms with Gasteiger partial charge in [0, 0.05) is 6.20 Å². The fourth-order valence-electron chi connectivity index (χ4n) is 1.40. The van der Waals surface area contributed by atoms with Crippen LogP contribution in [0, 0.1) is 6.92 Å². The normalized spacial score (nSPS) is 13.5. The van der Waals surface area contributed by atoms with Crippen LogP contribution in [0.2, 0.25) is 0 Å². The molecule has 18 heavy (non-hydrogen) atoms. The number of aliphatic hydroxyl groups is 1. The van der Waals surface area contributed by atoms with Crippen LogP contribution >= 0.6 is 0 Å². The number of ether oxygens (including phenoxy) is 1. The van der Waals surface area contributed by atoms with Crippen LogP contribution < -0.4 is 5.32 Å². The number of nitrogens with zero attached hydrogens (tertiary/aromatic N) is 2. The van der Waals surface area contributed by atoms with Gasteiger partial charge in [0.25, 0.3) is 0 Å². The van der Waals surface area contributed by atoms with E-state index in [4.69, 9.17) is 4.74 Å². The number of aryl methyl sites for hydroxylation is 1. The van der Waals surface area contributed by atoms with E-state index in [9.17, 15) is 14.7 Å². The summed E-state index contributed by atoms with van der Waals surface area (Å²) in [5.74, 6) is -0.256. The Morgan fingerprint density at radius 3 is 2.94 bits per heavy atom. The van der Waals surface area contributed by atoms with E-state index in [0.29, 0.717) is 12.2 Å². The van der Waals surface area contributed by atoms with Gasteiger partial charge in [0.1, 0.15) is 11.9 Å². The lowest BCUT2D eigenvalue weighted by atomic mass is 10.1. The number of aliphatic hydroxyl groups excluding tert-OH is 1. The van der Waals surface area contributed by atoms with Crippen LogP contribution in [0.4, 0.5) is 0 Å². The Hall–Kier alpha value is -2.02. The molecule has 0 bridgehead atoms. The number of hydrogen-bond donors (Lipinski definition) is 2. The van der Waals surface area contributed by atoms with E-state index in [-0.39, 0.29) is 12.3 Å². The zero-order valence-electron chi connectivity index (χ0n) is 10.2. The maximum atomic E-state index is 11.6. The molecule has 7 heteroatoms. The molecule has 98 valence electrons. The molecule has 0 radical (unpaired) electrons. The van der Waals surface area contributed by atoms with E-state index in [2.05, 4.69) is 15.3 Å². The largest absolute Gasteiger partial charge is 0.464 e. The van der Waals surface area contributed by atoms with Crippen molar-refractivity contribution in [3.63, 3.8) is 0 Å². The quantitative estimate of drug-likeness (QED) is 0.523. The monoisotopic (exact) mass is 253 g/mol. The SMILES string of the molecule is CCOC(=O)C(NC=O)C(O)c1ccnc(C)n1. The molecule has 0 saturated heterocycles. The van der Waals surface area contributed by atoms with Gasteiger partial charge in [0.05, 0.1) is 12.3 Å². The Bertz CT molecular complexity index is 425. The second-order valence-electron chi connectivity index (χ2n) is 3.49. The van der Waals surface area contributed by atoms with Crippen molar-refractivity contribution in [1.29, 1.82) is 0 Å². The minimum absolute atomic E-state index is 0.158. The lowest BCUT2D eigenvalue weighted by Gasteiger charge is -2.20. The number of nitrogens with one attached hydrogen (secondary N) is 1. The average molecular weight is 253 g/mol. The highest BCUT2D eigenvalue weighted by Gasteiger charge is 2.29. The highest BCUT2D eigenvalue weighted by molar-refractivity contribution is 5.79. The van der Waals surface area contributed by atoms with Crippen LogP contribution in [-0.4, -0.2) is 40.1 Å². The molecule has 2 N–H and O–H groups in total. The Balaban J connectivity index is 2.91. The van der Waals surface area contributed by atoms with Gasteiger partial charge in [-0.15, -0.1) is 0 Å². The first-order valence-electron chi connectivity index (χ1n) is 5.44. The van der Waals surface area contributed by atoms with Gasteiger partial charge in [0.15, 0.2) is 6.04 Å². The number of esters is 1. The summed E-state index contributed by atoms with van der Waals surface area (Å²) in [4.78, 5) is 29.9. The van der Waals surface area contributed by atoms with Crippen LogP contribution in [0.1, 0.15) is 24.5 Å². The van der Waals surface area contributed by atoms with Gasteiger partial charge in [-0.2, -0.15) is 0 Å². The highest BCUT2D eigenvalue weighted by Crippen LogP contribution is 2.15. The molecule has 0 aliphatic rings. The molecule has 1 heterocycles. The predicted octanol–water partition coefficient (Wildman–Crippen LogP) is -0.504. The van der Waals surface area contributed by atoms with E-state index >= 15 is 0 Å². The van der Waals surface area contributed by atoms with E-state index < -0.39 is 18.1 Å². The molecule has 0 fully saturated rings. The van der Waals surface area contributed by atoms with E-state index in [1.54, 1.807) is 13.8 Å². The average Bonchev–Trinajstić information content (AvgIpc) is 2.35. The molecule has 0 aliphatic carbocycles. The summed E-state index contributed by atoms with van der Waals surface area (Å²) < 4.78 is 4.77. The molecule has 7 nitrogen and oxygen atoms in total. The summed E-state index contributed by atoms with van der Waals surface area (Å²) in [7, 11) is 0. The molecule has 2 unspecified atom stereocenters. The summed E-state index contributed by atoms with van der Waals surface area (Å²) in [6, 6.07) is 0.285. The first kappa shape index (κ1) is 14.0. The summed E-state index contributed by atoms with van der Waals surface area (Å²) in [5, 5.41) is 12.2. The van der Waals surface area contributed by atoms with Crippen molar-refractivity contribution in [2.45, 2.75) is 26.0 Å². The lowest BCUT2D eigenvalue weighted by molar-refractivity contribution is -0.150. The van der Waals surface area contributed by atoms with Crippen molar-refractivity contribution in [2.75, 3.05) is 6.61 Å². The maximum Gasteiger partial charge on any atom is 0.331 e. The van der Waals surface area contributed by atoms with Crippen LogP contribution in [0.15, 0.2) is 12.3 Å². The van der Waals surface area contributed by atoms with Gasteiger partial charge < -0.3 is 15.2 Å². The van der Waals surface area contributed by atoms with Crippen molar-refractivity contribution >= 4 is 12.4 Å². The van der Waals surface area contributed by atoms with Gasteiger partial charge in [-0.05, 0) is 19.9 Å². The summed E-state index contributed by atoms with van der Waals surface area (Å²) >= 11 is 0. The van der Waals surface area contributed by atoms with Crippen LogP contribution in [0.3, 0.4) is 0 Å². The molecule has 2 atom stereocenters. The van der Waals surface area contributed by atoms with Crippen molar-refractivity contribution < 1.29 is 19.4 Å². The fourth-order valence-corrected chi connectivity index (χ4v) is 1.40. The molecule has 1 aromatic heterocycles. The first-order valence-corrected chi connectivity index (χ1v) is 5.44. The highest BCUT2D eigenvalue weighted by atomic mass is 16.5. The molecule has 0 spiro atoms. The Morgan fingerprint density at radius 2 is 2.39 bits per heavy atom. The molecular weight excluding hydrogens is 238 g/mol. The maximum absolute atomic E-state index is 11.6. The second-order valence-corrected chi connectivity index (χ2v) is 3.49. The third kappa shape index (κ3) is 3.49. The van der Waals surface area contributed by atoms with Crippen molar-refractivity contribution in [1.82, 2.24) is 15.3 Å². The topological polar surface area (TPSA) is 101 Å². The predicted molar refractivity (Wildman–Crippen MR) is 61.3 cm³/mol. The number of aromatic nitrogens is 2. The molecule has 0 saturated carbocycles. The van der Waals surface area contributed by atoms with Crippen LogP contribution in [0.5, 0.6) is 0 Å². The van der Waals surface area contributed by atoms with Gasteiger partial charge in [-0.3, -0.25) is 4.79 Å². The van der Waals surface area contributed by atoms with Crippen molar-refractivity contribution in [3.05, 3.63) is 23.8 Å². The van der Waals surface area contributed by atoms with Crippen LogP contribution in [-0.2, 0) is 14.3 Å². The van der Waals surface area contributed by atoms with E-state index in [1.165, 1.54) is 12.3 Å². The zero-order valence-corrected chi connectivity index (χ0v) is 10.2. The molecular formula is C11H15N3O4. The third-order valence-corrected chi connectivity index (χ3v) is 2.20. The number of carbonyl (C=O) groups excluding carboxylic acids is 2. The Morgan fingerprint density at radius 1 is 1.67 bits per heavy atom. The first-order chi connectivity index (χ1) is 8.60. The summed E-state index contributed by atoms with van der Waals surface area (Å²) in [6.07, 6.45) is 0.513. The summed E-state index contributed by atoms with van der Waals surface area (Å²) in [6.45, 7) is 3.45. The second kappa shape index (κ2) is 6.65. The summed E-state index contributed by atoms with van der Waals surface area (Å²) in [5.41, 5.74) is 0.245. The molecule has 1 amide bonds. The number of amides is 1. The van der Waals surface area contributed by atoms with Gasteiger partial charge >= 0.3 is 5.97 Å². The van der Waals surface area contributed by atoms with Crippen molar-refractivity contribution in [3.8, 4) is 0 Å². The smallest absolute Gasteiger partial charge is 0.331 e. The zero-order chi connectivity index (χ0) is 13.5. The van der Waals surface area contributed by atoms with Crippen LogP contribution in [0.25, 0.3) is 0 Å². The van der Waals surface area contributed by atoms with Gasteiger partial charge in [-0.25, -0.2) is 14.8 Å². The molecule has 1 rings (SSSR count). The van der Waals surface area contributed by atoms with Gasteiger partial charge in [-0.1, -0.05) is 0 Å². The minimum atomic E-state index is -1.28. The number of hydrogen-bond acceptors (Lipinski definition) is 6. The van der Waals surface area contributed by atoms with Gasteiger partial charge in [0.2, 0.25) is 6.41 Å². The standard InChI is InChI=1S/C11H15N3O4/c1-3-18-11(17)9(13-6-15)10(16)8-4-5-12-7(2)14-8/h4-6,9-10,16H,3H2,1-2H3,(H,13,15). The number of carbonyl (C=O) groups is 2. The van der Waals surface area contributed by atoms with E-state index in [1.807, 2.05) is 0 Å². The minimum Gasteiger partial charge on any atom is -0.464 e. The number of rotatable bonds is 6. The Kier molecular flexibility index (Phi) is 5.19. The molecule has 0 aliphatic heterocycles. The molecule has 1 aromatic rings. The Labute approximate surface area is 104 Å².